The van der Waals surface area contributed by atoms with Gasteiger partial charge in [0.25, 0.3) is 0 Å². The van der Waals surface area contributed by atoms with Crippen LogP contribution in [-0.4, -0.2) is 37.2 Å². The first-order valence-corrected chi connectivity index (χ1v) is 25.0. The molecule has 58 heavy (non-hydrogen) atoms. The number of unbranched alkanes of at least 4 members (excludes halogenated alkanes) is 28. The van der Waals surface area contributed by atoms with Gasteiger partial charge in [0.15, 0.2) is 6.10 Å². The molecular formula is C52H94O6. The van der Waals surface area contributed by atoms with Gasteiger partial charge in [-0.05, 0) is 51.4 Å². The number of carbonyl (C=O) groups excluding carboxylic acids is 3. The van der Waals surface area contributed by atoms with E-state index >= 15 is 0 Å². The van der Waals surface area contributed by atoms with E-state index in [9.17, 15) is 14.4 Å². The maximum Gasteiger partial charge on any atom is 0.306 e. The Morgan fingerprint density at radius 2 is 0.672 bits per heavy atom. The van der Waals surface area contributed by atoms with Crippen LogP contribution in [-0.2, 0) is 28.6 Å². The average Bonchev–Trinajstić information content (AvgIpc) is 3.22. The SMILES string of the molecule is CC/C=C\C/C=C\C/C=C\CCCCCCCCCC(=O)OCC(COC(=O)CCCCCCCCCCC)OC(=O)CCCCCCCCCCCCCCCC. The molecule has 0 rings (SSSR count). The molecule has 0 bridgehead atoms. The Morgan fingerprint density at radius 3 is 1.05 bits per heavy atom. The van der Waals surface area contributed by atoms with Crippen molar-refractivity contribution >= 4 is 17.9 Å². The normalized spacial score (nSPS) is 12.3. The lowest BCUT2D eigenvalue weighted by Gasteiger charge is -2.18. The highest BCUT2D eigenvalue weighted by Gasteiger charge is 2.19. The summed E-state index contributed by atoms with van der Waals surface area (Å²) in [5.41, 5.74) is 0. The predicted molar refractivity (Wildman–Crippen MR) is 247 cm³/mol. The van der Waals surface area contributed by atoms with Crippen molar-refractivity contribution in [2.24, 2.45) is 0 Å². The number of rotatable bonds is 45. The number of carbonyl (C=O) groups is 3. The molecule has 0 saturated heterocycles. The predicted octanol–water partition coefficient (Wildman–Crippen LogP) is 16.1. The van der Waals surface area contributed by atoms with Crippen LogP contribution >= 0.6 is 0 Å². The van der Waals surface area contributed by atoms with Crippen molar-refractivity contribution in [3.63, 3.8) is 0 Å². The first kappa shape index (κ1) is 55.6. The highest BCUT2D eigenvalue weighted by molar-refractivity contribution is 5.71. The summed E-state index contributed by atoms with van der Waals surface area (Å²) < 4.78 is 16.7. The summed E-state index contributed by atoms with van der Waals surface area (Å²) in [4.78, 5) is 37.8. The van der Waals surface area contributed by atoms with Crippen LogP contribution in [0.3, 0.4) is 0 Å². The van der Waals surface area contributed by atoms with E-state index in [-0.39, 0.29) is 31.1 Å². The lowest BCUT2D eigenvalue weighted by Crippen LogP contribution is -2.30. The smallest absolute Gasteiger partial charge is 0.306 e. The second-order valence-electron chi connectivity index (χ2n) is 16.7. The van der Waals surface area contributed by atoms with Crippen LogP contribution in [0.15, 0.2) is 36.5 Å². The summed E-state index contributed by atoms with van der Waals surface area (Å²) in [7, 11) is 0. The molecule has 0 aliphatic rings. The van der Waals surface area contributed by atoms with Crippen molar-refractivity contribution in [1.29, 1.82) is 0 Å². The average molecular weight is 815 g/mol. The maximum atomic E-state index is 12.8. The summed E-state index contributed by atoms with van der Waals surface area (Å²) in [6.45, 7) is 6.52. The number of esters is 3. The van der Waals surface area contributed by atoms with E-state index in [1.807, 2.05) is 0 Å². The van der Waals surface area contributed by atoms with Crippen molar-refractivity contribution in [2.75, 3.05) is 13.2 Å². The number of hydrogen-bond acceptors (Lipinski definition) is 6. The molecule has 0 spiro atoms. The highest BCUT2D eigenvalue weighted by atomic mass is 16.6. The molecule has 0 aromatic heterocycles. The van der Waals surface area contributed by atoms with Gasteiger partial charge in [-0.1, -0.05) is 224 Å². The number of hydrogen-bond donors (Lipinski definition) is 0. The zero-order valence-electron chi connectivity index (χ0n) is 38.6. The van der Waals surface area contributed by atoms with Crippen molar-refractivity contribution in [3.8, 4) is 0 Å². The minimum atomic E-state index is -0.769. The van der Waals surface area contributed by atoms with Gasteiger partial charge in [0.2, 0.25) is 0 Å². The molecule has 0 radical (unpaired) electrons. The quantitative estimate of drug-likeness (QED) is 0.0264. The van der Waals surface area contributed by atoms with Gasteiger partial charge in [0, 0.05) is 19.3 Å². The molecule has 1 atom stereocenters. The van der Waals surface area contributed by atoms with Gasteiger partial charge in [-0.3, -0.25) is 14.4 Å². The molecule has 0 amide bonds. The van der Waals surface area contributed by atoms with Crippen LogP contribution < -0.4 is 0 Å². The molecule has 338 valence electrons. The fourth-order valence-electron chi connectivity index (χ4n) is 7.16. The van der Waals surface area contributed by atoms with Crippen molar-refractivity contribution in [3.05, 3.63) is 36.5 Å². The fourth-order valence-corrected chi connectivity index (χ4v) is 7.16. The maximum absolute atomic E-state index is 12.8. The lowest BCUT2D eigenvalue weighted by atomic mass is 10.0. The van der Waals surface area contributed by atoms with Crippen LogP contribution in [0.1, 0.15) is 258 Å². The molecule has 1 unspecified atom stereocenters. The summed E-state index contributed by atoms with van der Waals surface area (Å²) in [5, 5.41) is 0. The van der Waals surface area contributed by atoms with E-state index in [2.05, 4.69) is 57.2 Å². The lowest BCUT2D eigenvalue weighted by molar-refractivity contribution is -0.167. The van der Waals surface area contributed by atoms with Gasteiger partial charge in [-0.25, -0.2) is 0 Å². The zero-order valence-corrected chi connectivity index (χ0v) is 38.6. The zero-order chi connectivity index (χ0) is 42.3. The Labute approximate surface area is 359 Å². The van der Waals surface area contributed by atoms with Crippen LogP contribution in [0.25, 0.3) is 0 Å². The molecule has 6 heteroatoms. The highest BCUT2D eigenvalue weighted by Crippen LogP contribution is 2.15. The molecule has 0 aliphatic heterocycles. The third-order valence-electron chi connectivity index (χ3n) is 10.9. The first-order chi connectivity index (χ1) is 28.5. The minimum absolute atomic E-state index is 0.0716. The van der Waals surface area contributed by atoms with Gasteiger partial charge in [0.05, 0.1) is 0 Å². The molecular weight excluding hydrogens is 721 g/mol. The van der Waals surface area contributed by atoms with E-state index in [4.69, 9.17) is 14.2 Å². The third-order valence-corrected chi connectivity index (χ3v) is 10.9. The topological polar surface area (TPSA) is 78.9 Å². The van der Waals surface area contributed by atoms with Gasteiger partial charge in [0.1, 0.15) is 13.2 Å². The van der Waals surface area contributed by atoms with E-state index in [0.717, 1.165) is 83.5 Å². The van der Waals surface area contributed by atoms with Gasteiger partial charge in [-0.15, -0.1) is 0 Å². The Kier molecular flexibility index (Phi) is 45.4. The molecule has 0 fully saturated rings. The molecule has 0 N–H and O–H groups in total. The van der Waals surface area contributed by atoms with Crippen molar-refractivity contribution in [2.45, 2.75) is 264 Å². The summed E-state index contributed by atoms with van der Waals surface area (Å²) in [6.07, 6.45) is 54.1. The molecule has 0 aromatic carbocycles. The summed E-state index contributed by atoms with van der Waals surface area (Å²) in [5.74, 6) is -0.875. The van der Waals surface area contributed by atoms with Gasteiger partial charge in [-0.2, -0.15) is 0 Å². The third kappa shape index (κ3) is 44.7. The molecule has 0 saturated carbocycles. The Morgan fingerprint density at radius 1 is 0.362 bits per heavy atom. The van der Waals surface area contributed by atoms with E-state index in [1.54, 1.807) is 0 Å². The van der Waals surface area contributed by atoms with Crippen molar-refractivity contribution in [1.82, 2.24) is 0 Å². The van der Waals surface area contributed by atoms with Gasteiger partial charge >= 0.3 is 17.9 Å². The van der Waals surface area contributed by atoms with E-state index in [0.29, 0.717) is 19.3 Å². The van der Waals surface area contributed by atoms with Crippen molar-refractivity contribution < 1.29 is 28.6 Å². The fraction of sp³-hybridized carbons (Fsp3) is 0.827. The van der Waals surface area contributed by atoms with Crippen LogP contribution in [0.4, 0.5) is 0 Å². The van der Waals surface area contributed by atoms with Crippen LogP contribution in [0.2, 0.25) is 0 Å². The largest absolute Gasteiger partial charge is 0.462 e. The van der Waals surface area contributed by atoms with Crippen LogP contribution in [0.5, 0.6) is 0 Å². The molecule has 6 nitrogen and oxygen atoms in total. The molecule has 0 heterocycles. The Hall–Kier alpha value is -2.37. The summed E-state index contributed by atoms with van der Waals surface area (Å²) >= 11 is 0. The van der Waals surface area contributed by atoms with Crippen LogP contribution in [0, 0.1) is 0 Å². The van der Waals surface area contributed by atoms with E-state index < -0.39 is 6.10 Å². The number of allylic oxidation sites excluding steroid dienone is 6. The molecule has 0 aromatic rings. The monoisotopic (exact) mass is 815 g/mol. The minimum Gasteiger partial charge on any atom is -0.462 e. The second kappa shape index (κ2) is 47.3. The van der Waals surface area contributed by atoms with Gasteiger partial charge < -0.3 is 14.2 Å². The molecule has 0 aliphatic carbocycles. The van der Waals surface area contributed by atoms with E-state index in [1.165, 1.54) is 135 Å². The first-order valence-electron chi connectivity index (χ1n) is 25.0. The standard InChI is InChI=1S/C52H94O6/c1-4-7-10-13-16-19-21-23-25-26-27-29-30-33-36-39-42-45-51(54)57-48-49(47-56-50(53)44-41-38-35-32-18-15-12-9-6-3)58-52(55)46-43-40-37-34-31-28-24-22-20-17-14-11-8-5-2/h7,10,16,19,23,25,49H,4-6,8-9,11-15,17-18,20-22,24,26-48H2,1-3H3/b10-7-,19-16-,25-23-. The number of ether oxygens (including phenoxy) is 3. The Balaban J connectivity index is 4.31. The second-order valence-corrected chi connectivity index (χ2v) is 16.7. The summed E-state index contributed by atoms with van der Waals surface area (Å²) in [6, 6.07) is 0. The Bertz CT molecular complexity index is 984.